The Balaban J connectivity index is 2.86. The Morgan fingerprint density at radius 1 is 0.632 bits per heavy atom. The minimum Gasteiger partial charge on any atom is -0.0688 e. The second-order valence-electron chi connectivity index (χ2n) is 10.2. The average Bonchev–Trinajstić information content (AvgIpc) is 2.62. The molecule has 0 N–H and O–H groups in total. The van der Waals surface area contributed by atoms with Crippen molar-refractivity contribution in [2.75, 3.05) is 0 Å². The minimum absolute atomic E-state index is 0.556. The minimum atomic E-state index is -1.13. The van der Waals surface area contributed by atoms with Crippen molar-refractivity contribution in [2.45, 2.75) is 108 Å². The molecule has 0 nitrogen and oxygen atoms in total. The molecular weight excluding hydrogens is 260 g/mol. The normalized spacial score (nSPS) is 26.8. The lowest BCUT2D eigenvalue weighted by molar-refractivity contribution is 0.659. The fourth-order valence-electron chi connectivity index (χ4n) is 3.52. The first-order chi connectivity index (χ1) is 8.21. The maximum atomic E-state index is 2.64. The highest BCUT2D eigenvalue weighted by molar-refractivity contribution is 6.83. The summed E-state index contributed by atoms with van der Waals surface area (Å²) < 4.78 is 0. The second-order valence-corrected chi connectivity index (χ2v) is 21.7. The van der Waals surface area contributed by atoms with Gasteiger partial charge in [-0.25, -0.2) is 0 Å². The van der Waals surface area contributed by atoms with E-state index in [2.05, 4.69) is 67.7 Å². The monoisotopic (exact) mass is 298 g/mol. The third-order valence-electron chi connectivity index (χ3n) is 7.34. The van der Waals surface area contributed by atoms with Crippen molar-refractivity contribution in [3.8, 4) is 0 Å². The van der Waals surface area contributed by atoms with E-state index in [1.54, 1.807) is 6.42 Å². The van der Waals surface area contributed by atoms with Crippen molar-refractivity contribution >= 4 is 16.1 Å². The standard InChI is InChI=1S/C17H38Si2/c1-16(2,3)18(7,8)14-11-12-15(13-14)19(9,10)17(4,5)6/h14-15H,11-13H2,1-10H3. The molecule has 0 aromatic rings. The molecule has 1 fully saturated rings. The predicted molar refractivity (Wildman–Crippen MR) is 95.7 cm³/mol. The van der Waals surface area contributed by atoms with Crippen LogP contribution in [0.2, 0.25) is 47.3 Å². The van der Waals surface area contributed by atoms with Gasteiger partial charge in [-0.1, -0.05) is 87.0 Å². The summed E-state index contributed by atoms with van der Waals surface area (Å²) in [5.74, 6) is 0. The largest absolute Gasteiger partial charge is 0.0688 e. The van der Waals surface area contributed by atoms with Crippen LogP contribution in [0.5, 0.6) is 0 Å². The lowest BCUT2D eigenvalue weighted by Crippen LogP contribution is -2.43. The van der Waals surface area contributed by atoms with Crippen molar-refractivity contribution in [2.24, 2.45) is 0 Å². The van der Waals surface area contributed by atoms with Gasteiger partial charge in [0.2, 0.25) is 0 Å². The summed E-state index contributed by atoms with van der Waals surface area (Å²) in [6.07, 6.45) is 4.59. The topological polar surface area (TPSA) is 0 Å². The van der Waals surface area contributed by atoms with Crippen molar-refractivity contribution in [1.82, 2.24) is 0 Å². The molecule has 2 heteroatoms. The molecule has 0 spiro atoms. The average molecular weight is 299 g/mol. The Hall–Kier alpha value is 0.434. The summed E-state index contributed by atoms with van der Waals surface area (Å²) in [5, 5.41) is 1.11. The van der Waals surface area contributed by atoms with E-state index < -0.39 is 16.1 Å². The van der Waals surface area contributed by atoms with Crippen molar-refractivity contribution in [1.29, 1.82) is 0 Å². The smallest absolute Gasteiger partial charge is 0.0558 e. The zero-order chi connectivity index (χ0) is 15.3. The van der Waals surface area contributed by atoms with Gasteiger partial charge in [-0.3, -0.25) is 0 Å². The molecule has 0 amide bonds. The van der Waals surface area contributed by atoms with Crippen LogP contribution in [0.3, 0.4) is 0 Å². The SMILES string of the molecule is CC(C)(C)[Si](C)(C)C1CCC([Si](C)(C)C(C)(C)C)C1. The second kappa shape index (κ2) is 5.01. The predicted octanol–water partition coefficient (Wildman–Crippen LogP) is 6.93. The molecule has 19 heavy (non-hydrogen) atoms. The Labute approximate surface area is 124 Å². The summed E-state index contributed by atoms with van der Waals surface area (Å²) in [6.45, 7) is 25.5. The zero-order valence-electron chi connectivity index (χ0n) is 15.3. The first-order valence-corrected chi connectivity index (χ1v) is 14.4. The van der Waals surface area contributed by atoms with Gasteiger partial charge in [-0.05, 0) is 21.2 Å². The van der Waals surface area contributed by atoms with Crippen molar-refractivity contribution in [3.05, 3.63) is 0 Å². The first kappa shape index (κ1) is 17.5. The molecule has 0 aliphatic heterocycles. The highest BCUT2D eigenvalue weighted by atomic mass is 28.3. The van der Waals surface area contributed by atoms with E-state index in [9.17, 15) is 0 Å². The summed E-state index contributed by atoms with van der Waals surface area (Å²) >= 11 is 0. The fraction of sp³-hybridized carbons (Fsp3) is 1.00. The van der Waals surface area contributed by atoms with Gasteiger partial charge in [0.05, 0.1) is 16.1 Å². The quantitative estimate of drug-likeness (QED) is 0.485. The van der Waals surface area contributed by atoms with E-state index in [4.69, 9.17) is 0 Å². The van der Waals surface area contributed by atoms with Gasteiger partial charge >= 0.3 is 0 Å². The molecule has 0 aromatic heterocycles. The van der Waals surface area contributed by atoms with Gasteiger partial charge in [-0.15, -0.1) is 0 Å². The Bertz CT molecular complexity index is 283. The lowest BCUT2D eigenvalue weighted by Gasteiger charge is -2.44. The summed E-state index contributed by atoms with van der Waals surface area (Å²) in [4.78, 5) is 0. The molecule has 2 unspecified atom stereocenters. The van der Waals surface area contributed by atoms with Crippen LogP contribution in [0.1, 0.15) is 60.8 Å². The van der Waals surface area contributed by atoms with E-state index in [0.29, 0.717) is 10.1 Å². The summed E-state index contributed by atoms with van der Waals surface area (Å²) in [5.41, 5.74) is 2.12. The summed E-state index contributed by atoms with van der Waals surface area (Å²) in [7, 11) is -2.26. The molecule has 114 valence electrons. The zero-order valence-corrected chi connectivity index (χ0v) is 17.3. The third kappa shape index (κ3) is 3.20. The number of hydrogen-bond donors (Lipinski definition) is 0. The Morgan fingerprint density at radius 3 is 1.11 bits per heavy atom. The highest BCUT2D eigenvalue weighted by Crippen LogP contribution is 2.58. The highest BCUT2D eigenvalue weighted by Gasteiger charge is 2.50. The van der Waals surface area contributed by atoms with Crippen LogP contribution in [-0.2, 0) is 0 Å². The van der Waals surface area contributed by atoms with Crippen LogP contribution in [0.25, 0.3) is 0 Å². The van der Waals surface area contributed by atoms with Crippen molar-refractivity contribution in [3.63, 3.8) is 0 Å². The van der Waals surface area contributed by atoms with Crippen LogP contribution in [-0.4, -0.2) is 16.1 Å². The molecule has 0 bridgehead atoms. The van der Waals surface area contributed by atoms with E-state index in [-0.39, 0.29) is 0 Å². The van der Waals surface area contributed by atoms with Gasteiger partial charge < -0.3 is 0 Å². The van der Waals surface area contributed by atoms with E-state index in [1.807, 2.05) is 0 Å². The maximum Gasteiger partial charge on any atom is 0.0558 e. The Morgan fingerprint density at radius 2 is 0.895 bits per heavy atom. The lowest BCUT2D eigenvalue weighted by atomic mass is 10.2. The van der Waals surface area contributed by atoms with Crippen molar-refractivity contribution < 1.29 is 0 Å². The molecule has 2 atom stereocenters. The molecule has 1 saturated carbocycles. The molecule has 0 aromatic carbocycles. The summed E-state index contributed by atoms with van der Waals surface area (Å²) in [6, 6.07) is 0. The number of rotatable bonds is 2. The fourth-order valence-corrected chi connectivity index (χ4v) is 9.73. The van der Waals surface area contributed by atoms with Gasteiger partial charge in [0.1, 0.15) is 0 Å². The van der Waals surface area contributed by atoms with Gasteiger partial charge in [0, 0.05) is 0 Å². The molecule has 0 saturated heterocycles. The van der Waals surface area contributed by atoms with Crippen LogP contribution in [0, 0.1) is 0 Å². The third-order valence-corrected chi connectivity index (χ3v) is 20.2. The molecule has 1 aliphatic rings. The molecule has 0 heterocycles. The molecular formula is C17H38Si2. The van der Waals surface area contributed by atoms with Crippen LogP contribution in [0.4, 0.5) is 0 Å². The van der Waals surface area contributed by atoms with Crippen LogP contribution < -0.4 is 0 Å². The van der Waals surface area contributed by atoms with Crippen LogP contribution >= 0.6 is 0 Å². The van der Waals surface area contributed by atoms with Gasteiger partial charge in [0.25, 0.3) is 0 Å². The first-order valence-electron chi connectivity index (χ1n) is 8.21. The number of hydrogen-bond acceptors (Lipinski definition) is 0. The van der Waals surface area contributed by atoms with E-state index in [0.717, 1.165) is 11.1 Å². The van der Waals surface area contributed by atoms with Gasteiger partial charge in [-0.2, -0.15) is 0 Å². The maximum absolute atomic E-state index is 2.64. The van der Waals surface area contributed by atoms with E-state index >= 15 is 0 Å². The Kier molecular flexibility index (Phi) is 4.61. The van der Waals surface area contributed by atoms with E-state index in [1.165, 1.54) is 12.8 Å². The van der Waals surface area contributed by atoms with Gasteiger partial charge in [0.15, 0.2) is 0 Å². The molecule has 1 aliphatic carbocycles. The van der Waals surface area contributed by atoms with Crippen LogP contribution in [0.15, 0.2) is 0 Å². The molecule has 1 rings (SSSR count). The molecule has 0 radical (unpaired) electrons.